The molecular formula is C19H37IN6O2. The molecule has 2 aliphatic rings. The van der Waals surface area contributed by atoms with Gasteiger partial charge in [-0.25, -0.2) is 0 Å². The lowest BCUT2D eigenvalue weighted by molar-refractivity contribution is -0.133. The highest BCUT2D eigenvalue weighted by Crippen LogP contribution is 2.28. The molecule has 8 nitrogen and oxygen atoms in total. The van der Waals surface area contributed by atoms with Crippen molar-refractivity contribution in [2.45, 2.75) is 45.1 Å². The molecule has 0 bridgehead atoms. The third kappa shape index (κ3) is 8.50. The van der Waals surface area contributed by atoms with Crippen LogP contribution in [0.4, 0.5) is 0 Å². The van der Waals surface area contributed by atoms with Crippen molar-refractivity contribution in [2.24, 2.45) is 10.9 Å². The summed E-state index contributed by atoms with van der Waals surface area (Å²) in [6.45, 7) is 6.71. The van der Waals surface area contributed by atoms with Crippen LogP contribution in [-0.2, 0) is 9.59 Å². The van der Waals surface area contributed by atoms with Gasteiger partial charge in [-0.3, -0.25) is 19.5 Å². The Kier molecular flexibility index (Phi) is 11.7. The second kappa shape index (κ2) is 13.2. The van der Waals surface area contributed by atoms with Crippen LogP contribution in [0.5, 0.6) is 0 Å². The van der Waals surface area contributed by atoms with Crippen molar-refractivity contribution in [2.75, 3.05) is 53.4 Å². The fourth-order valence-corrected chi connectivity index (χ4v) is 3.33. The van der Waals surface area contributed by atoms with E-state index in [0.717, 1.165) is 57.7 Å². The first kappa shape index (κ1) is 24.9. The Morgan fingerprint density at radius 3 is 2.46 bits per heavy atom. The van der Waals surface area contributed by atoms with Crippen LogP contribution in [0.1, 0.15) is 39.0 Å². The van der Waals surface area contributed by atoms with Gasteiger partial charge in [0, 0.05) is 52.7 Å². The van der Waals surface area contributed by atoms with Crippen molar-refractivity contribution < 1.29 is 9.59 Å². The fourth-order valence-electron chi connectivity index (χ4n) is 3.33. The summed E-state index contributed by atoms with van der Waals surface area (Å²) in [5, 5.41) is 9.43. The normalized spacial score (nSPS) is 19.7. The number of halogens is 1. The Hall–Kier alpha value is -1.10. The van der Waals surface area contributed by atoms with Crippen molar-refractivity contribution in [3.63, 3.8) is 0 Å². The molecule has 28 heavy (non-hydrogen) atoms. The Morgan fingerprint density at radius 1 is 1.11 bits per heavy atom. The minimum atomic E-state index is 0. The number of carbonyl (C=O) groups excluding carboxylic acids is 2. The zero-order valence-electron chi connectivity index (χ0n) is 17.5. The number of guanidine groups is 1. The molecule has 1 unspecified atom stereocenters. The van der Waals surface area contributed by atoms with E-state index in [1.165, 1.54) is 0 Å². The Labute approximate surface area is 186 Å². The van der Waals surface area contributed by atoms with Crippen molar-refractivity contribution in [3.05, 3.63) is 0 Å². The van der Waals surface area contributed by atoms with Gasteiger partial charge in [0.15, 0.2) is 5.96 Å². The number of nitrogens with one attached hydrogen (secondary N) is 3. The van der Waals surface area contributed by atoms with E-state index in [9.17, 15) is 9.59 Å². The van der Waals surface area contributed by atoms with Gasteiger partial charge in [-0.2, -0.15) is 0 Å². The molecule has 3 N–H and O–H groups in total. The van der Waals surface area contributed by atoms with E-state index >= 15 is 0 Å². The van der Waals surface area contributed by atoms with Gasteiger partial charge in [-0.05, 0) is 45.6 Å². The van der Waals surface area contributed by atoms with E-state index in [1.54, 1.807) is 4.90 Å². The number of hydrogen-bond acceptors (Lipinski definition) is 4. The molecule has 0 spiro atoms. The summed E-state index contributed by atoms with van der Waals surface area (Å²) in [7, 11) is 3.65. The molecule has 0 aromatic rings. The first-order valence-corrected chi connectivity index (χ1v) is 10.3. The van der Waals surface area contributed by atoms with Crippen LogP contribution in [0.2, 0.25) is 0 Å². The molecule has 2 rings (SSSR count). The zero-order chi connectivity index (χ0) is 19.6. The van der Waals surface area contributed by atoms with Gasteiger partial charge < -0.3 is 20.9 Å². The van der Waals surface area contributed by atoms with Gasteiger partial charge >= 0.3 is 0 Å². The van der Waals surface area contributed by atoms with Crippen LogP contribution in [0.15, 0.2) is 4.99 Å². The summed E-state index contributed by atoms with van der Waals surface area (Å²) >= 11 is 0. The van der Waals surface area contributed by atoms with Crippen molar-refractivity contribution in [3.8, 4) is 0 Å². The van der Waals surface area contributed by atoms with Crippen molar-refractivity contribution in [1.29, 1.82) is 0 Å². The number of rotatable bonds is 10. The predicted octanol–water partition coefficient (Wildman–Crippen LogP) is 0.628. The minimum absolute atomic E-state index is 0. The molecule has 162 valence electrons. The van der Waals surface area contributed by atoms with Gasteiger partial charge in [0.2, 0.25) is 11.8 Å². The molecule has 1 heterocycles. The number of nitrogens with zero attached hydrogens (tertiary/aromatic N) is 3. The van der Waals surface area contributed by atoms with E-state index in [2.05, 4.69) is 25.8 Å². The average Bonchev–Trinajstić information content (AvgIpc) is 3.40. The number of likely N-dealkylation sites (N-methyl/N-ethyl adjacent to an activating group) is 1. The summed E-state index contributed by atoms with van der Waals surface area (Å²) in [6.07, 6.45) is 5.02. The standard InChI is InChI=1S/C19H36N6O2.HI/c1-4-20-19(23-12-11-21-17(26)15-8-9-15)22-10-6-14-25-13-5-7-16(25)18(27)24(2)3;/h15-16H,4-14H2,1-3H3,(H,21,26)(H2,20,22,23);1H. The van der Waals surface area contributed by atoms with Gasteiger partial charge in [0.25, 0.3) is 0 Å². The molecule has 1 atom stereocenters. The SMILES string of the molecule is CCNC(=NCCCN1CCCC1C(=O)N(C)C)NCCNC(=O)C1CC1.I. The summed E-state index contributed by atoms with van der Waals surface area (Å²) in [6, 6.07) is 0.0328. The van der Waals surface area contributed by atoms with Crippen molar-refractivity contribution in [1.82, 2.24) is 25.8 Å². The van der Waals surface area contributed by atoms with E-state index in [4.69, 9.17) is 0 Å². The van der Waals surface area contributed by atoms with Crippen LogP contribution in [0.25, 0.3) is 0 Å². The predicted molar refractivity (Wildman–Crippen MR) is 123 cm³/mol. The molecule has 1 saturated heterocycles. The van der Waals surface area contributed by atoms with E-state index in [-0.39, 0.29) is 47.8 Å². The second-order valence-electron chi connectivity index (χ2n) is 7.53. The lowest BCUT2D eigenvalue weighted by Crippen LogP contribution is -2.43. The van der Waals surface area contributed by atoms with Gasteiger partial charge in [-0.1, -0.05) is 0 Å². The van der Waals surface area contributed by atoms with Crippen LogP contribution >= 0.6 is 24.0 Å². The maximum Gasteiger partial charge on any atom is 0.239 e. The van der Waals surface area contributed by atoms with Gasteiger partial charge in [0.05, 0.1) is 6.04 Å². The maximum absolute atomic E-state index is 12.2. The van der Waals surface area contributed by atoms with Gasteiger partial charge in [0.1, 0.15) is 0 Å². The Morgan fingerprint density at radius 2 is 1.82 bits per heavy atom. The monoisotopic (exact) mass is 508 g/mol. The molecule has 0 aromatic heterocycles. The summed E-state index contributed by atoms with van der Waals surface area (Å²) < 4.78 is 0. The number of hydrogen-bond donors (Lipinski definition) is 3. The topological polar surface area (TPSA) is 89.1 Å². The van der Waals surface area contributed by atoms with E-state index < -0.39 is 0 Å². The highest BCUT2D eigenvalue weighted by Gasteiger charge is 2.31. The Bertz CT molecular complexity index is 525. The van der Waals surface area contributed by atoms with Crippen LogP contribution in [-0.4, -0.2) is 87.0 Å². The highest BCUT2D eigenvalue weighted by molar-refractivity contribution is 14.0. The summed E-state index contributed by atoms with van der Waals surface area (Å²) in [5.74, 6) is 1.41. The molecule has 0 aromatic carbocycles. The molecule has 1 saturated carbocycles. The third-order valence-electron chi connectivity index (χ3n) is 4.97. The van der Waals surface area contributed by atoms with Crippen LogP contribution < -0.4 is 16.0 Å². The first-order chi connectivity index (χ1) is 13.0. The fraction of sp³-hybridized carbons (Fsp3) is 0.842. The summed E-state index contributed by atoms with van der Waals surface area (Å²) in [5.41, 5.74) is 0. The van der Waals surface area contributed by atoms with Gasteiger partial charge in [-0.15, -0.1) is 24.0 Å². The molecule has 2 amide bonds. The lowest BCUT2D eigenvalue weighted by Gasteiger charge is -2.25. The molecule has 0 radical (unpaired) electrons. The minimum Gasteiger partial charge on any atom is -0.357 e. The average molecular weight is 508 g/mol. The second-order valence-corrected chi connectivity index (χ2v) is 7.53. The molecular weight excluding hydrogens is 471 g/mol. The molecule has 1 aliphatic heterocycles. The molecule has 2 fully saturated rings. The maximum atomic E-state index is 12.2. The zero-order valence-corrected chi connectivity index (χ0v) is 19.8. The van der Waals surface area contributed by atoms with Crippen molar-refractivity contribution >= 4 is 41.8 Å². The van der Waals surface area contributed by atoms with Crippen LogP contribution in [0, 0.1) is 5.92 Å². The highest BCUT2D eigenvalue weighted by atomic mass is 127. The largest absolute Gasteiger partial charge is 0.357 e. The van der Waals surface area contributed by atoms with E-state index in [1.807, 2.05) is 21.0 Å². The number of aliphatic imine (C=N–C) groups is 1. The summed E-state index contributed by atoms with van der Waals surface area (Å²) in [4.78, 5) is 32.4. The first-order valence-electron chi connectivity index (χ1n) is 10.3. The lowest BCUT2D eigenvalue weighted by atomic mass is 10.2. The number of likely N-dealkylation sites (tertiary alicyclic amines) is 1. The third-order valence-corrected chi connectivity index (χ3v) is 4.97. The quantitative estimate of drug-likeness (QED) is 0.174. The number of carbonyl (C=O) groups is 2. The molecule has 9 heteroatoms. The Balaban J connectivity index is 0.00000392. The van der Waals surface area contributed by atoms with Crippen LogP contribution in [0.3, 0.4) is 0 Å². The van der Waals surface area contributed by atoms with E-state index in [0.29, 0.717) is 19.6 Å². The molecule has 1 aliphatic carbocycles. The smallest absolute Gasteiger partial charge is 0.239 e. The number of amides is 2.